The van der Waals surface area contributed by atoms with Crippen LogP contribution in [0, 0.1) is 6.92 Å². The van der Waals surface area contributed by atoms with Gasteiger partial charge in [0.1, 0.15) is 0 Å². The Morgan fingerprint density at radius 1 is 1.27 bits per heavy atom. The molecule has 0 fully saturated rings. The van der Waals surface area contributed by atoms with E-state index in [1.165, 1.54) is 14.7 Å². The van der Waals surface area contributed by atoms with E-state index in [4.69, 9.17) is 0 Å². The normalized spacial score (nSPS) is 10.2. The maximum absolute atomic E-state index is 10.6. The second kappa shape index (κ2) is 4.64. The number of hydrogen-bond donors (Lipinski definition) is 0. The monoisotopic (exact) mass is 234 g/mol. The lowest BCUT2D eigenvalue weighted by Crippen LogP contribution is -1.71. The van der Waals surface area contributed by atoms with E-state index in [1.54, 1.807) is 23.1 Å². The van der Waals surface area contributed by atoms with Gasteiger partial charge in [-0.2, -0.15) is 0 Å². The van der Waals surface area contributed by atoms with Gasteiger partial charge in [-0.1, -0.05) is 30.0 Å². The molecule has 0 saturated carbocycles. The van der Waals surface area contributed by atoms with Gasteiger partial charge in [0.15, 0.2) is 6.29 Å². The number of carbonyl (C=O) groups excluding carboxylic acids is 1. The Bertz CT molecular complexity index is 460. The van der Waals surface area contributed by atoms with Crippen LogP contribution in [0.25, 0.3) is 0 Å². The molecular weight excluding hydrogens is 224 g/mol. The first-order valence-corrected chi connectivity index (χ1v) is 6.21. The maximum Gasteiger partial charge on any atom is 0.160 e. The minimum absolute atomic E-state index is 0.797. The van der Waals surface area contributed by atoms with Crippen molar-refractivity contribution in [3.63, 3.8) is 0 Å². The Kier molecular flexibility index (Phi) is 3.23. The summed E-state index contributed by atoms with van der Waals surface area (Å²) in [5.74, 6) is 0. The highest BCUT2D eigenvalue weighted by atomic mass is 32.2. The molecule has 3 heteroatoms. The van der Waals surface area contributed by atoms with Crippen molar-refractivity contribution in [3.05, 3.63) is 46.2 Å². The van der Waals surface area contributed by atoms with Gasteiger partial charge in [-0.05, 0) is 25.1 Å². The van der Waals surface area contributed by atoms with Gasteiger partial charge < -0.3 is 0 Å². The van der Waals surface area contributed by atoms with E-state index >= 15 is 0 Å². The summed E-state index contributed by atoms with van der Waals surface area (Å²) in [5, 5.41) is 0. The second-order valence-corrected chi connectivity index (χ2v) is 5.51. The minimum atomic E-state index is 0.797. The molecule has 1 aromatic heterocycles. The fourth-order valence-electron chi connectivity index (χ4n) is 1.26. The van der Waals surface area contributed by atoms with Crippen LogP contribution in [0.5, 0.6) is 0 Å². The largest absolute Gasteiger partial charge is 0.297 e. The Labute approximate surface area is 97.1 Å². The molecule has 1 nitrogen and oxygen atoms in total. The van der Waals surface area contributed by atoms with Crippen LogP contribution in [-0.2, 0) is 0 Å². The van der Waals surface area contributed by atoms with Crippen LogP contribution in [0.2, 0.25) is 0 Å². The van der Waals surface area contributed by atoms with E-state index in [2.05, 4.69) is 12.1 Å². The fourth-order valence-corrected chi connectivity index (χ4v) is 3.20. The Morgan fingerprint density at radius 2 is 2.00 bits per heavy atom. The maximum atomic E-state index is 10.6. The van der Waals surface area contributed by atoms with Crippen LogP contribution < -0.4 is 0 Å². The quantitative estimate of drug-likeness (QED) is 0.746. The predicted molar refractivity (Wildman–Crippen MR) is 65.0 cm³/mol. The summed E-state index contributed by atoms with van der Waals surface area (Å²) in [6, 6.07) is 12.1. The van der Waals surface area contributed by atoms with Crippen molar-refractivity contribution in [1.82, 2.24) is 0 Å². The molecule has 0 atom stereocenters. The Morgan fingerprint density at radius 3 is 2.60 bits per heavy atom. The summed E-state index contributed by atoms with van der Waals surface area (Å²) in [5.41, 5.74) is 0. The molecule has 0 aliphatic heterocycles. The second-order valence-electron chi connectivity index (χ2n) is 3.10. The van der Waals surface area contributed by atoms with E-state index in [-0.39, 0.29) is 0 Å². The molecule has 76 valence electrons. The van der Waals surface area contributed by atoms with Gasteiger partial charge in [0.2, 0.25) is 0 Å². The van der Waals surface area contributed by atoms with Crippen molar-refractivity contribution < 1.29 is 4.79 Å². The lowest BCUT2D eigenvalue weighted by Gasteiger charge is -1.98. The summed E-state index contributed by atoms with van der Waals surface area (Å²) in [6.45, 7) is 2.04. The topological polar surface area (TPSA) is 17.1 Å². The van der Waals surface area contributed by atoms with Crippen LogP contribution in [0.4, 0.5) is 0 Å². The van der Waals surface area contributed by atoms with Crippen LogP contribution in [0.15, 0.2) is 46.2 Å². The van der Waals surface area contributed by atoms with Gasteiger partial charge in [0.25, 0.3) is 0 Å². The predicted octanol–water partition coefficient (Wildman–Crippen LogP) is 4.02. The molecule has 0 saturated heterocycles. The highest BCUT2D eigenvalue weighted by Gasteiger charge is 2.05. The first-order valence-electron chi connectivity index (χ1n) is 4.58. The number of aryl methyl sites for hydroxylation is 1. The fraction of sp³-hybridized carbons (Fsp3) is 0.0833. The minimum Gasteiger partial charge on any atom is -0.297 e. The molecule has 0 unspecified atom stereocenters. The summed E-state index contributed by atoms with van der Waals surface area (Å²) in [4.78, 5) is 15.0. The molecule has 1 aromatic carbocycles. The standard InChI is InChI=1S/C12H10OS2/c1-9-12(7-11(8-13)14-9)15-10-5-3-2-4-6-10/h2-8H,1H3. The lowest BCUT2D eigenvalue weighted by atomic mass is 10.4. The van der Waals surface area contributed by atoms with Crippen molar-refractivity contribution >= 4 is 29.4 Å². The van der Waals surface area contributed by atoms with Crippen molar-refractivity contribution in [2.75, 3.05) is 0 Å². The van der Waals surface area contributed by atoms with Gasteiger partial charge in [0.05, 0.1) is 4.88 Å². The smallest absolute Gasteiger partial charge is 0.160 e. The molecule has 0 N–H and O–H groups in total. The number of carbonyl (C=O) groups is 1. The number of rotatable bonds is 3. The summed E-state index contributed by atoms with van der Waals surface area (Å²) < 4.78 is 0. The van der Waals surface area contributed by atoms with E-state index < -0.39 is 0 Å². The van der Waals surface area contributed by atoms with E-state index in [0.717, 1.165) is 11.2 Å². The highest BCUT2D eigenvalue weighted by Crippen LogP contribution is 2.34. The molecule has 0 aliphatic carbocycles. The van der Waals surface area contributed by atoms with Crippen molar-refractivity contribution in [1.29, 1.82) is 0 Å². The third-order valence-corrected chi connectivity index (χ3v) is 4.24. The summed E-state index contributed by atoms with van der Waals surface area (Å²) >= 11 is 3.25. The molecule has 0 bridgehead atoms. The zero-order valence-electron chi connectivity index (χ0n) is 8.27. The van der Waals surface area contributed by atoms with Crippen LogP contribution in [0.1, 0.15) is 14.5 Å². The molecule has 0 radical (unpaired) electrons. The van der Waals surface area contributed by atoms with E-state index in [0.29, 0.717) is 0 Å². The number of aldehydes is 1. The molecule has 15 heavy (non-hydrogen) atoms. The van der Waals surface area contributed by atoms with E-state index in [9.17, 15) is 4.79 Å². The molecule has 0 amide bonds. The van der Waals surface area contributed by atoms with Crippen LogP contribution in [-0.4, -0.2) is 6.29 Å². The summed E-state index contributed by atoms with van der Waals surface area (Å²) in [7, 11) is 0. The number of thiophene rings is 1. The lowest BCUT2D eigenvalue weighted by molar-refractivity contribution is 0.112. The molecule has 0 aliphatic rings. The molecule has 2 rings (SSSR count). The molecular formula is C12H10OS2. The van der Waals surface area contributed by atoms with E-state index in [1.807, 2.05) is 31.2 Å². The Hall–Kier alpha value is -1.06. The SMILES string of the molecule is Cc1sc(C=O)cc1Sc1ccccc1. The number of hydrogen-bond acceptors (Lipinski definition) is 3. The molecule has 2 aromatic rings. The molecule has 1 heterocycles. The first kappa shape index (κ1) is 10.5. The molecule has 0 spiro atoms. The van der Waals surface area contributed by atoms with Crippen molar-refractivity contribution in [2.24, 2.45) is 0 Å². The Balaban J connectivity index is 2.24. The van der Waals surface area contributed by atoms with Gasteiger partial charge in [-0.15, -0.1) is 11.3 Å². The van der Waals surface area contributed by atoms with Gasteiger partial charge >= 0.3 is 0 Å². The number of benzene rings is 1. The zero-order chi connectivity index (χ0) is 10.7. The third-order valence-electron chi connectivity index (χ3n) is 1.98. The van der Waals surface area contributed by atoms with Crippen LogP contribution in [0.3, 0.4) is 0 Å². The van der Waals surface area contributed by atoms with Crippen molar-refractivity contribution in [3.8, 4) is 0 Å². The van der Waals surface area contributed by atoms with Gasteiger partial charge in [-0.25, -0.2) is 0 Å². The van der Waals surface area contributed by atoms with Crippen LogP contribution >= 0.6 is 23.1 Å². The average molecular weight is 234 g/mol. The average Bonchev–Trinajstić information content (AvgIpc) is 2.61. The highest BCUT2D eigenvalue weighted by molar-refractivity contribution is 7.99. The van der Waals surface area contributed by atoms with Gasteiger partial charge in [0, 0.05) is 14.7 Å². The zero-order valence-corrected chi connectivity index (χ0v) is 9.90. The first-order chi connectivity index (χ1) is 7.29. The van der Waals surface area contributed by atoms with Gasteiger partial charge in [-0.3, -0.25) is 4.79 Å². The van der Waals surface area contributed by atoms with Crippen molar-refractivity contribution in [2.45, 2.75) is 16.7 Å². The third kappa shape index (κ3) is 2.49. The summed E-state index contributed by atoms with van der Waals surface area (Å²) in [6.07, 6.45) is 0.909.